The zero-order chi connectivity index (χ0) is 15.8. The standard InChI is InChI=1S/C16H22N2O3/c1-10(2)16(4)14(20)18(15(21)17-16)9-13(19)12-7-5-11(3)6-8-12/h5-8,10,13,19H,9H2,1-4H3,(H,17,21). The third kappa shape index (κ3) is 2.78. The quantitative estimate of drug-likeness (QED) is 0.833. The third-order valence-corrected chi connectivity index (χ3v) is 4.27. The number of carbonyl (C=O) groups is 2. The second-order valence-corrected chi connectivity index (χ2v) is 6.13. The molecule has 2 unspecified atom stereocenters. The highest BCUT2D eigenvalue weighted by molar-refractivity contribution is 6.07. The summed E-state index contributed by atoms with van der Waals surface area (Å²) < 4.78 is 0. The summed E-state index contributed by atoms with van der Waals surface area (Å²) in [5.74, 6) is -0.302. The highest BCUT2D eigenvalue weighted by Gasteiger charge is 2.49. The molecule has 0 aliphatic carbocycles. The van der Waals surface area contributed by atoms with Crippen molar-refractivity contribution in [2.45, 2.75) is 39.3 Å². The first kappa shape index (κ1) is 15.5. The van der Waals surface area contributed by atoms with Crippen LogP contribution in [-0.2, 0) is 4.79 Å². The van der Waals surface area contributed by atoms with Gasteiger partial charge in [0.25, 0.3) is 5.91 Å². The lowest BCUT2D eigenvalue weighted by Gasteiger charge is -2.26. The fourth-order valence-electron chi connectivity index (χ4n) is 2.34. The molecule has 5 nitrogen and oxygen atoms in total. The molecule has 1 aromatic rings. The van der Waals surface area contributed by atoms with E-state index < -0.39 is 17.7 Å². The third-order valence-electron chi connectivity index (χ3n) is 4.27. The van der Waals surface area contributed by atoms with Crippen LogP contribution in [0.15, 0.2) is 24.3 Å². The van der Waals surface area contributed by atoms with Crippen molar-refractivity contribution in [3.63, 3.8) is 0 Å². The number of rotatable bonds is 4. The Morgan fingerprint density at radius 3 is 2.29 bits per heavy atom. The summed E-state index contributed by atoms with van der Waals surface area (Å²) in [4.78, 5) is 25.5. The lowest BCUT2D eigenvalue weighted by molar-refractivity contribution is -0.133. The number of aryl methyl sites for hydroxylation is 1. The molecule has 1 aromatic carbocycles. The fourth-order valence-corrected chi connectivity index (χ4v) is 2.34. The van der Waals surface area contributed by atoms with E-state index in [-0.39, 0.29) is 18.4 Å². The number of aliphatic hydroxyl groups excluding tert-OH is 1. The number of hydrogen-bond acceptors (Lipinski definition) is 3. The van der Waals surface area contributed by atoms with Gasteiger partial charge in [-0.1, -0.05) is 43.7 Å². The summed E-state index contributed by atoms with van der Waals surface area (Å²) in [6.45, 7) is 7.42. The normalized spacial score (nSPS) is 23.6. The molecule has 0 aromatic heterocycles. The van der Waals surface area contributed by atoms with E-state index >= 15 is 0 Å². The first-order valence-corrected chi connectivity index (χ1v) is 7.14. The van der Waals surface area contributed by atoms with Crippen LogP contribution in [0.25, 0.3) is 0 Å². The van der Waals surface area contributed by atoms with Gasteiger partial charge < -0.3 is 10.4 Å². The van der Waals surface area contributed by atoms with Crippen LogP contribution in [0.5, 0.6) is 0 Å². The summed E-state index contributed by atoms with van der Waals surface area (Å²) in [6.07, 6.45) is -0.880. The zero-order valence-electron chi connectivity index (χ0n) is 12.9. The number of nitrogens with one attached hydrogen (secondary N) is 1. The molecular weight excluding hydrogens is 268 g/mol. The van der Waals surface area contributed by atoms with Crippen LogP contribution in [0.3, 0.4) is 0 Å². The Kier molecular flexibility index (Phi) is 4.05. The number of amides is 3. The van der Waals surface area contributed by atoms with E-state index in [9.17, 15) is 14.7 Å². The van der Waals surface area contributed by atoms with E-state index in [1.807, 2.05) is 32.9 Å². The average molecular weight is 290 g/mol. The monoisotopic (exact) mass is 290 g/mol. The fraction of sp³-hybridized carbons (Fsp3) is 0.500. The van der Waals surface area contributed by atoms with Crippen molar-refractivity contribution >= 4 is 11.9 Å². The molecule has 0 bridgehead atoms. The minimum absolute atomic E-state index is 0.0181. The van der Waals surface area contributed by atoms with Gasteiger partial charge in [0, 0.05) is 0 Å². The van der Waals surface area contributed by atoms with Crippen LogP contribution < -0.4 is 5.32 Å². The molecule has 0 spiro atoms. The predicted octanol–water partition coefficient (Wildman–Crippen LogP) is 1.99. The van der Waals surface area contributed by atoms with Crippen LogP contribution in [0.4, 0.5) is 4.79 Å². The van der Waals surface area contributed by atoms with Crippen LogP contribution in [-0.4, -0.2) is 34.0 Å². The molecular formula is C16H22N2O3. The number of hydrogen-bond donors (Lipinski definition) is 2. The van der Waals surface area contributed by atoms with E-state index in [4.69, 9.17) is 0 Å². The van der Waals surface area contributed by atoms with Gasteiger partial charge in [-0.05, 0) is 25.3 Å². The van der Waals surface area contributed by atoms with Gasteiger partial charge in [-0.25, -0.2) is 4.79 Å². The van der Waals surface area contributed by atoms with E-state index in [1.165, 1.54) is 0 Å². The van der Waals surface area contributed by atoms with Gasteiger partial charge in [0.1, 0.15) is 5.54 Å². The van der Waals surface area contributed by atoms with Crippen molar-refractivity contribution in [1.82, 2.24) is 10.2 Å². The van der Waals surface area contributed by atoms with Gasteiger partial charge in [0.2, 0.25) is 0 Å². The molecule has 1 fully saturated rings. The largest absolute Gasteiger partial charge is 0.387 e. The Bertz CT molecular complexity index is 553. The Hall–Kier alpha value is -1.88. The molecule has 1 aliphatic rings. The van der Waals surface area contributed by atoms with Crippen LogP contribution in [0, 0.1) is 12.8 Å². The summed E-state index contributed by atoms with van der Waals surface area (Å²) in [6, 6.07) is 6.95. The average Bonchev–Trinajstić information content (AvgIpc) is 2.64. The van der Waals surface area contributed by atoms with E-state index in [1.54, 1.807) is 19.1 Å². The lowest BCUT2D eigenvalue weighted by atomic mass is 9.88. The van der Waals surface area contributed by atoms with Crippen molar-refractivity contribution in [2.24, 2.45) is 5.92 Å². The minimum Gasteiger partial charge on any atom is -0.387 e. The molecule has 1 saturated heterocycles. The highest BCUT2D eigenvalue weighted by atomic mass is 16.3. The molecule has 2 N–H and O–H groups in total. The second kappa shape index (κ2) is 5.48. The van der Waals surface area contributed by atoms with Crippen molar-refractivity contribution < 1.29 is 14.7 Å². The maximum Gasteiger partial charge on any atom is 0.325 e. The Morgan fingerprint density at radius 2 is 1.81 bits per heavy atom. The molecule has 2 atom stereocenters. The van der Waals surface area contributed by atoms with E-state index in [0.717, 1.165) is 10.5 Å². The van der Waals surface area contributed by atoms with Gasteiger partial charge >= 0.3 is 6.03 Å². The Morgan fingerprint density at radius 1 is 1.24 bits per heavy atom. The Labute approximate surface area is 125 Å². The van der Waals surface area contributed by atoms with Gasteiger partial charge in [0.05, 0.1) is 12.6 Å². The van der Waals surface area contributed by atoms with Gasteiger partial charge in [-0.15, -0.1) is 0 Å². The summed E-state index contributed by atoms with van der Waals surface area (Å²) in [7, 11) is 0. The summed E-state index contributed by atoms with van der Waals surface area (Å²) >= 11 is 0. The van der Waals surface area contributed by atoms with Crippen LogP contribution in [0.1, 0.15) is 38.0 Å². The number of β-amino-alcohol motifs (C(OH)–C–C–N with tert-alkyl or cyclic N) is 1. The maximum absolute atomic E-state index is 12.4. The second-order valence-electron chi connectivity index (χ2n) is 6.13. The molecule has 114 valence electrons. The highest BCUT2D eigenvalue weighted by Crippen LogP contribution is 2.27. The minimum atomic E-state index is -0.899. The number of benzene rings is 1. The number of imide groups is 1. The molecule has 1 aliphatic heterocycles. The SMILES string of the molecule is Cc1ccc(C(O)CN2C(=O)NC(C)(C(C)C)C2=O)cc1. The van der Waals surface area contributed by atoms with Gasteiger partial charge in [0.15, 0.2) is 0 Å². The molecule has 3 amide bonds. The Balaban J connectivity index is 2.14. The van der Waals surface area contributed by atoms with Crippen molar-refractivity contribution in [2.75, 3.05) is 6.54 Å². The molecule has 0 saturated carbocycles. The number of aliphatic hydroxyl groups is 1. The first-order valence-electron chi connectivity index (χ1n) is 7.14. The van der Waals surface area contributed by atoms with Crippen LogP contribution in [0.2, 0.25) is 0 Å². The lowest BCUT2D eigenvalue weighted by Crippen LogP contribution is -2.48. The molecule has 21 heavy (non-hydrogen) atoms. The van der Waals surface area contributed by atoms with Gasteiger partial charge in [-0.3, -0.25) is 9.69 Å². The topological polar surface area (TPSA) is 69.6 Å². The predicted molar refractivity (Wildman–Crippen MR) is 79.6 cm³/mol. The molecule has 2 rings (SSSR count). The number of carbonyl (C=O) groups excluding carboxylic acids is 2. The zero-order valence-corrected chi connectivity index (χ0v) is 12.9. The van der Waals surface area contributed by atoms with Crippen LogP contribution >= 0.6 is 0 Å². The first-order chi connectivity index (χ1) is 9.75. The smallest absolute Gasteiger partial charge is 0.325 e. The van der Waals surface area contributed by atoms with Crippen molar-refractivity contribution in [1.29, 1.82) is 0 Å². The number of nitrogens with zero attached hydrogens (tertiary/aromatic N) is 1. The molecule has 5 heteroatoms. The van der Waals surface area contributed by atoms with Crippen molar-refractivity contribution in [3.8, 4) is 0 Å². The van der Waals surface area contributed by atoms with Gasteiger partial charge in [-0.2, -0.15) is 0 Å². The maximum atomic E-state index is 12.4. The van der Waals surface area contributed by atoms with E-state index in [0.29, 0.717) is 5.56 Å². The summed E-state index contributed by atoms with van der Waals surface area (Å²) in [5, 5.41) is 13.0. The number of urea groups is 1. The van der Waals surface area contributed by atoms with E-state index in [2.05, 4.69) is 5.32 Å². The molecule has 1 heterocycles. The molecule has 0 radical (unpaired) electrons. The van der Waals surface area contributed by atoms with Crippen molar-refractivity contribution in [3.05, 3.63) is 35.4 Å². The summed E-state index contributed by atoms with van der Waals surface area (Å²) in [5.41, 5.74) is 0.886.